The van der Waals surface area contributed by atoms with E-state index >= 15 is 0 Å². The van der Waals surface area contributed by atoms with Crippen molar-refractivity contribution in [2.24, 2.45) is 0 Å². The SMILES string of the molecule is CCN(CC)c1ccc2c(C)c(C=[Se])c(=O)oc2c1. The molecule has 0 aliphatic rings. The number of hydrogen-bond acceptors (Lipinski definition) is 3. The first-order chi connectivity index (χ1) is 9.12. The number of benzene rings is 1. The monoisotopic (exact) mass is 323 g/mol. The van der Waals surface area contributed by atoms with Crippen molar-refractivity contribution in [1.29, 1.82) is 0 Å². The minimum atomic E-state index is -0.291. The molecule has 3 nitrogen and oxygen atoms in total. The second-order valence-electron chi connectivity index (χ2n) is 4.40. The number of nitrogens with zero attached hydrogens (tertiary/aromatic N) is 1. The summed E-state index contributed by atoms with van der Waals surface area (Å²) in [6.07, 6.45) is 0. The van der Waals surface area contributed by atoms with Gasteiger partial charge >= 0.3 is 120 Å². The van der Waals surface area contributed by atoms with Crippen LogP contribution in [0.3, 0.4) is 0 Å². The van der Waals surface area contributed by atoms with E-state index in [9.17, 15) is 4.79 Å². The van der Waals surface area contributed by atoms with Gasteiger partial charge in [0.25, 0.3) is 0 Å². The molecule has 0 bridgehead atoms. The minimum absolute atomic E-state index is 0.291. The topological polar surface area (TPSA) is 33.5 Å². The van der Waals surface area contributed by atoms with Crippen molar-refractivity contribution in [2.75, 3.05) is 18.0 Å². The second-order valence-corrected chi connectivity index (χ2v) is 4.89. The number of aryl methyl sites for hydroxylation is 1. The summed E-state index contributed by atoms with van der Waals surface area (Å²) in [5.74, 6) is 0. The van der Waals surface area contributed by atoms with E-state index in [2.05, 4.69) is 40.4 Å². The zero-order chi connectivity index (χ0) is 14.0. The quantitative estimate of drug-likeness (QED) is 0.640. The Hall–Kier alpha value is -1.38. The molecule has 0 unspecified atom stereocenters. The number of fused-ring (bicyclic) bond motifs is 1. The molecule has 19 heavy (non-hydrogen) atoms. The average Bonchev–Trinajstić information content (AvgIpc) is 2.40. The molecule has 0 atom stereocenters. The van der Waals surface area contributed by atoms with Gasteiger partial charge in [0, 0.05) is 0 Å². The molecule has 0 saturated carbocycles. The van der Waals surface area contributed by atoms with Gasteiger partial charge in [-0.1, -0.05) is 0 Å². The van der Waals surface area contributed by atoms with Gasteiger partial charge in [0.1, 0.15) is 0 Å². The molecule has 0 saturated heterocycles. The predicted octanol–water partition coefficient (Wildman–Crippen LogP) is 2.27. The zero-order valence-corrected chi connectivity index (χ0v) is 13.1. The van der Waals surface area contributed by atoms with Crippen molar-refractivity contribution in [3.8, 4) is 0 Å². The van der Waals surface area contributed by atoms with Gasteiger partial charge in [-0.15, -0.1) is 0 Å². The van der Waals surface area contributed by atoms with E-state index in [1.54, 1.807) is 4.92 Å². The van der Waals surface area contributed by atoms with Crippen LogP contribution >= 0.6 is 0 Å². The summed E-state index contributed by atoms with van der Waals surface area (Å²) in [4.78, 5) is 15.8. The third-order valence-corrected chi connectivity index (χ3v) is 3.94. The fourth-order valence-electron chi connectivity index (χ4n) is 2.28. The van der Waals surface area contributed by atoms with E-state index in [0.29, 0.717) is 11.1 Å². The Morgan fingerprint density at radius 1 is 1.32 bits per heavy atom. The molecule has 2 rings (SSSR count). The standard InChI is InChI=1S/C15H17NO2Se/c1-4-16(5-2)11-6-7-12-10(3)13(9-19)15(17)18-14(12)8-11/h6-9H,4-5H2,1-3H3. The van der Waals surface area contributed by atoms with Gasteiger partial charge in [0.15, 0.2) is 0 Å². The van der Waals surface area contributed by atoms with Crippen LogP contribution < -0.4 is 10.5 Å². The number of rotatable bonds is 4. The van der Waals surface area contributed by atoms with Gasteiger partial charge in [0.05, 0.1) is 0 Å². The summed E-state index contributed by atoms with van der Waals surface area (Å²) >= 11 is 2.76. The molecule has 0 N–H and O–H groups in total. The van der Waals surface area contributed by atoms with E-state index < -0.39 is 0 Å². The summed E-state index contributed by atoms with van der Waals surface area (Å²) in [6.45, 7) is 8.03. The van der Waals surface area contributed by atoms with Crippen molar-refractivity contribution >= 4 is 37.2 Å². The molecule has 0 aliphatic carbocycles. The van der Waals surface area contributed by atoms with Crippen LogP contribution in [0.2, 0.25) is 0 Å². The van der Waals surface area contributed by atoms with Gasteiger partial charge in [-0.3, -0.25) is 0 Å². The van der Waals surface area contributed by atoms with E-state index in [1.807, 2.05) is 19.1 Å². The fourth-order valence-corrected chi connectivity index (χ4v) is 2.85. The summed E-state index contributed by atoms with van der Waals surface area (Å²) in [5.41, 5.74) is 3.00. The molecule has 1 aromatic carbocycles. The maximum absolute atomic E-state index is 11.9. The Balaban J connectivity index is 2.68. The Labute approximate surface area is 120 Å². The number of hydrogen-bond donors (Lipinski definition) is 0. The molecule has 0 spiro atoms. The molecule has 0 aliphatic heterocycles. The first-order valence-electron chi connectivity index (χ1n) is 6.40. The van der Waals surface area contributed by atoms with Gasteiger partial charge < -0.3 is 0 Å². The van der Waals surface area contributed by atoms with Gasteiger partial charge in [-0.25, -0.2) is 0 Å². The van der Waals surface area contributed by atoms with E-state index in [4.69, 9.17) is 4.42 Å². The summed E-state index contributed by atoms with van der Waals surface area (Å²) in [7, 11) is 0. The van der Waals surface area contributed by atoms with Crippen molar-refractivity contribution in [3.63, 3.8) is 0 Å². The van der Waals surface area contributed by atoms with Crippen LogP contribution in [0.15, 0.2) is 27.4 Å². The van der Waals surface area contributed by atoms with Crippen LogP contribution in [0.5, 0.6) is 0 Å². The van der Waals surface area contributed by atoms with Crippen molar-refractivity contribution in [2.45, 2.75) is 20.8 Å². The van der Waals surface area contributed by atoms with Crippen LogP contribution in [0, 0.1) is 6.92 Å². The normalized spacial score (nSPS) is 10.7. The average molecular weight is 322 g/mol. The van der Waals surface area contributed by atoms with Gasteiger partial charge in [0.2, 0.25) is 0 Å². The van der Waals surface area contributed by atoms with Crippen molar-refractivity contribution in [1.82, 2.24) is 0 Å². The Kier molecular flexibility index (Phi) is 4.23. The molecule has 2 aromatic rings. The predicted molar refractivity (Wildman–Crippen MR) is 81.7 cm³/mol. The maximum atomic E-state index is 11.9. The summed E-state index contributed by atoms with van der Waals surface area (Å²) < 4.78 is 5.41. The first-order valence-corrected chi connectivity index (χ1v) is 7.38. The molecule has 0 amide bonds. The zero-order valence-electron chi connectivity index (χ0n) is 11.4. The Morgan fingerprint density at radius 3 is 2.58 bits per heavy atom. The van der Waals surface area contributed by atoms with Crippen LogP contribution in [-0.4, -0.2) is 33.6 Å². The van der Waals surface area contributed by atoms with Gasteiger partial charge in [-0.2, -0.15) is 0 Å². The molecule has 1 heterocycles. The third-order valence-electron chi connectivity index (χ3n) is 3.44. The molecule has 0 radical (unpaired) electrons. The van der Waals surface area contributed by atoms with Gasteiger partial charge in [-0.05, 0) is 0 Å². The molecule has 4 heteroatoms. The summed E-state index contributed by atoms with van der Waals surface area (Å²) in [5, 5.41) is 0.983. The molecule has 1 aromatic heterocycles. The Bertz CT molecular complexity index is 672. The molecular formula is C15H17NO2Se. The molecule has 0 fully saturated rings. The third kappa shape index (κ3) is 2.51. The Morgan fingerprint density at radius 2 is 2.00 bits per heavy atom. The van der Waals surface area contributed by atoms with Crippen LogP contribution in [-0.2, 0) is 0 Å². The number of anilines is 1. The first kappa shape index (κ1) is 14.0. The fraction of sp³-hybridized carbons (Fsp3) is 0.333. The molecule has 100 valence electrons. The second kappa shape index (κ2) is 5.72. The van der Waals surface area contributed by atoms with Crippen LogP contribution in [0.4, 0.5) is 5.69 Å². The van der Waals surface area contributed by atoms with Crippen LogP contribution in [0.25, 0.3) is 11.0 Å². The van der Waals surface area contributed by atoms with E-state index in [0.717, 1.165) is 29.7 Å². The van der Waals surface area contributed by atoms with Crippen molar-refractivity contribution in [3.05, 3.63) is 39.7 Å². The summed E-state index contributed by atoms with van der Waals surface area (Å²) in [6, 6.07) is 6.04. The van der Waals surface area contributed by atoms with Crippen molar-refractivity contribution < 1.29 is 4.42 Å². The van der Waals surface area contributed by atoms with E-state index in [1.165, 1.54) is 0 Å². The van der Waals surface area contributed by atoms with Crippen LogP contribution in [0.1, 0.15) is 25.0 Å². The van der Waals surface area contributed by atoms with E-state index in [-0.39, 0.29) is 5.63 Å². The molecular weight excluding hydrogens is 305 g/mol.